The van der Waals surface area contributed by atoms with Gasteiger partial charge in [-0.25, -0.2) is 0 Å². The molecule has 18 heavy (non-hydrogen) atoms. The molecule has 3 heteroatoms. The van der Waals surface area contributed by atoms with Gasteiger partial charge in [-0.15, -0.1) is 0 Å². The van der Waals surface area contributed by atoms with Crippen molar-refractivity contribution < 1.29 is 9.90 Å². The highest BCUT2D eigenvalue weighted by Crippen LogP contribution is 2.32. The van der Waals surface area contributed by atoms with Crippen LogP contribution in [-0.2, 0) is 4.79 Å². The van der Waals surface area contributed by atoms with E-state index >= 15 is 0 Å². The van der Waals surface area contributed by atoms with Gasteiger partial charge in [-0.2, -0.15) is 0 Å². The summed E-state index contributed by atoms with van der Waals surface area (Å²) < 4.78 is 0. The zero-order valence-corrected chi connectivity index (χ0v) is 11.8. The Morgan fingerprint density at radius 3 is 2.83 bits per heavy atom. The maximum absolute atomic E-state index is 12.2. The SMILES string of the molecule is CC1CC(=O)C(CN2CCCC(CO)C2)C(C)C1. The van der Waals surface area contributed by atoms with Crippen molar-refractivity contribution in [1.29, 1.82) is 0 Å². The number of hydrogen-bond acceptors (Lipinski definition) is 3. The van der Waals surface area contributed by atoms with Crippen LogP contribution in [0.4, 0.5) is 0 Å². The molecule has 0 bridgehead atoms. The van der Waals surface area contributed by atoms with Crippen LogP contribution in [-0.4, -0.2) is 42.0 Å². The van der Waals surface area contributed by atoms with Gasteiger partial charge in [-0.1, -0.05) is 13.8 Å². The van der Waals surface area contributed by atoms with Gasteiger partial charge in [0.1, 0.15) is 5.78 Å². The zero-order chi connectivity index (χ0) is 13.1. The summed E-state index contributed by atoms with van der Waals surface area (Å²) in [5.74, 6) is 2.21. The van der Waals surface area contributed by atoms with E-state index in [1.54, 1.807) is 0 Å². The molecule has 1 saturated carbocycles. The summed E-state index contributed by atoms with van der Waals surface area (Å²) in [5.41, 5.74) is 0. The van der Waals surface area contributed by atoms with Crippen LogP contribution in [0.25, 0.3) is 0 Å². The molecule has 104 valence electrons. The molecule has 0 spiro atoms. The highest BCUT2D eigenvalue weighted by atomic mass is 16.3. The van der Waals surface area contributed by atoms with Crippen LogP contribution in [0.2, 0.25) is 0 Å². The lowest BCUT2D eigenvalue weighted by molar-refractivity contribution is -0.129. The van der Waals surface area contributed by atoms with E-state index < -0.39 is 0 Å². The van der Waals surface area contributed by atoms with Gasteiger partial charge in [0.2, 0.25) is 0 Å². The van der Waals surface area contributed by atoms with Gasteiger partial charge in [0.15, 0.2) is 0 Å². The molecule has 0 aromatic carbocycles. The predicted molar refractivity (Wildman–Crippen MR) is 72.3 cm³/mol. The smallest absolute Gasteiger partial charge is 0.137 e. The molecule has 4 unspecified atom stereocenters. The molecule has 0 aromatic rings. The molecule has 0 radical (unpaired) electrons. The fourth-order valence-corrected chi connectivity index (χ4v) is 3.72. The third-order valence-corrected chi connectivity index (χ3v) is 4.74. The Labute approximate surface area is 111 Å². The molecular formula is C15H27NO2. The van der Waals surface area contributed by atoms with Crippen LogP contribution >= 0.6 is 0 Å². The number of likely N-dealkylation sites (tertiary alicyclic amines) is 1. The number of nitrogens with zero attached hydrogens (tertiary/aromatic N) is 1. The molecule has 1 N–H and O–H groups in total. The van der Waals surface area contributed by atoms with Crippen LogP contribution in [0.5, 0.6) is 0 Å². The van der Waals surface area contributed by atoms with Crippen molar-refractivity contribution in [2.24, 2.45) is 23.7 Å². The molecule has 2 aliphatic rings. The fraction of sp³-hybridized carbons (Fsp3) is 0.933. The summed E-state index contributed by atoms with van der Waals surface area (Å²) in [6, 6.07) is 0. The summed E-state index contributed by atoms with van der Waals surface area (Å²) in [4.78, 5) is 14.6. The average molecular weight is 253 g/mol. The molecule has 1 aliphatic heterocycles. The van der Waals surface area contributed by atoms with E-state index in [0.29, 0.717) is 30.1 Å². The number of rotatable bonds is 3. The van der Waals surface area contributed by atoms with E-state index in [0.717, 1.165) is 38.9 Å². The Hall–Kier alpha value is -0.410. The predicted octanol–water partition coefficient (Wildman–Crippen LogP) is 1.94. The van der Waals surface area contributed by atoms with E-state index in [1.165, 1.54) is 6.42 Å². The Morgan fingerprint density at radius 1 is 1.39 bits per heavy atom. The van der Waals surface area contributed by atoms with Crippen molar-refractivity contribution in [1.82, 2.24) is 4.90 Å². The van der Waals surface area contributed by atoms with Gasteiger partial charge in [0.05, 0.1) is 0 Å². The van der Waals surface area contributed by atoms with Gasteiger partial charge >= 0.3 is 0 Å². The minimum atomic E-state index is 0.235. The van der Waals surface area contributed by atoms with Crippen molar-refractivity contribution in [3.05, 3.63) is 0 Å². The molecule has 1 aliphatic carbocycles. The third kappa shape index (κ3) is 3.33. The lowest BCUT2D eigenvalue weighted by atomic mass is 9.74. The first-order valence-electron chi connectivity index (χ1n) is 7.46. The molecule has 0 amide bonds. The van der Waals surface area contributed by atoms with Gasteiger partial charge in [0.25, 0.3) is 0 Å². The number of carbonyl (C=O) groups is 1. The maximum Gasteiger partial charge on any atom is 0.137 e. The first-order valence-corrected chi connectivity index (χ1v) is 7.46. The summed E-state index contributed by atoms with van der Waals surface area (Å²) in [5, 5.41) is 9.26. The van der Waals surface area contributed by atoms with Gasteiger partial charge in [-0.05, 0) is 43.6 Å². The van der Waals surface area contributed by atoms with E-state index in [1.807, 2.05) is 0 Å². The number of carbonyl (C=O) groups excluding carboxylic acids is 1. The lowest BCUT2D eigenvalue weighted by Gasteiger charge is -2.38. The highest BCUT2D eigenvalue weighted by Gasteiger charge is 2.34. The molecule has 2 rings (SSSR count). The Kier molecular flexibility index (Phi) is 4.79. The number of aliphatic hydroxyl groups excluding tert-OH is 1. The van der Waals surface area contributed by atoms with E-state index in [9.17, 15) is 9.90 Å². The van der Waals surface area contributed by atoms with Gasteiger partial charge < -0.3 is 10.0 Å². The summed E-state index contributed by atoms with van der Waals surface area (Å²) >= 11 is 0. The van der Waals surface area contributed by atoms with Crippen molar-refractivity contribution >= 4 is 5.78 Å². The van der Waals surface area contributed by atoms with Crippen LogP contribution in [0.15, 0.2) is 0 Å². The van der Waals surface area contributed by atoms with Crippen LogP contribution in [0.3, 0.4) is 0 Å². The van der Waals surface area contributed by atoms with E-state index in [4.69, 9.17) is 0 Å². The Balaban J connectivity index is 1.89. The standard InChI is InChI=1S/C15H27NO2/c1-11-6-12(2)14(15(18)7-11)9-16-5-3-4-13(8-16)10-17/h11-14,17H,3-10H2,1-2H3. The highest BCUT2D eigenvalue weighted by molar-refractivity contribution is 5.82. The number of piperidine rings is 1. The zero-order valence-electron chi connectivity index (χ0n) is 11.8. The minimum absolute atomic E-state index is 0.235. The molecular weight excluding hydrogens is 226 g/mol. The van der Waals surface area contributed by atoms with Crippen molar-refractivity contribution in [2.45, 2.75) is 39.5 Å². The molecule has 4 atom stereocenters. The number of aliphatic hydroxyl groups is 1. The van der Waals surface area contributed by atoms with Crippen LogP contribution in [0.1, 0.15) is 39.5 Å². The fourth-order valence-electron chi connectivity index (χ4n) is 3.72. The van der Waals surface area contributed by atoms with Gasteiger partial charge in [-0.3, -0.25) is 4.79 Å². The summed E-state index contributed by atoms with van der Waals surface area (Å²) in [6.07, 6.45) is 4.26. The average Bonchev–Trinajstić information content (AvgIpc) is 2.34. The van der Waals surface area contributed by atoms with Crippen molar-refractivity contribution in [2.75, 3.05) is 26.2 Å². The van der Waals surface area contributed by atoms with Crippen LogP contribution in [0, 0.1) is 23.7 Å². The maximum atomic E-state index is 12.2. The Bertz CT molecular complexity index is 292. The molecule has 0 aromatic heterocycles. The monoisotopic (exact) mass is 253 g/mol. The largest absolute Gasteiger partial charge is 0.396 e. The molecule has 3 nitrogen and oxygen atoms in total. The molecule has 1 heterocycles. The third-order valence-electron chi connectivity index (χ3n) is 4.74. The summed E-state index contributed by atoms with van der Waals surface area (Å²) in [7, 11) is 0. The first-order chi connectivity index (χ1) is 8.60. The van der Waals surface area contributed by atoms with E-state index in [-0.39, 0.29) is 5.92 Å². The lowest BCUT2D eigenvalue weighted by Crippen LogP contribution is -2.44. The topological polar surface area (TPSA) is 40.5 Å². The van der Waals surface area contributed by atoms with Crippen molar-refractivity contribution in [3.8, 4) is 0 Å². The second-order valence-corrected chi connectivity index (χ2v) is 6.55. The van der Waals surface area contributed by atoms with E-state index in [2.05, 4.69) is 18.7 Å². The molecule has 2 fully saturated rings. The quantitative estimate of drug-likeness (QED) is 0.835. The molecule has 1 saturated heterocycles. The van der Waals surface area contributed by atoms with Gasteiger partial charge in [0, 0.05) is 32.0 Å². The normalized spacial score (nSPS) is 38.9. The van der Waals surface area contributed by atoms with Crippen molar-refractivity contribution in [3.63, 3.8) is 0 Å². The number of Topliss-reactive ketones (excluding diaryl/α,β-unsaturated/α-hetero) is 1. The first kappa shape index (κ1) is 14.0. The second-order valence-electron chi connectivity index (χ2n) is 6.55. The number of hydrogen-bond donors (Lipinski definition) is 1. The van der Waals surface area contributed by atoms with Crippen LogP contribution < -0.4 is 0 Å². The summed E-state index contributed by atoms with van der Waals surface area (Å²) in [6.45, 7) is 7.70. The number of ketones is 1. The second kappa shape index (κ2) is 6.16. The minimum Gasteiger partial charge on any atom is -0.396 e. The Morgan fingerprint density at radius 2 is 2.17 bits per heavy atom.